The second-order valence-corrected chi connectivity index (χ2v) is 6.46. The van der Waals surface area contributed by atoms with Gasteiger partial charge in [0.1, 0.15) is 0 Å². The van der Waals surface area contributed by atoms with Crippen LogP contribution in [0.1, 0.15) is 33.4 Å². The molecule has 0 spiro atoms. The zero-order chi connectivity index (χ0) is 14.2. The molecule has 1 N–H and O–H groups in total. The summed E-state index contributed by atoms with van der Waals surface area (Å²) < 4.78 is 0. The molecule has 0 saturated heterocycles. The third-order valence-corrected chi connectivity index (χ3v) is 3.47. The molecule has 2 rings (SSSR count). The van der Waals surface area contributed by atoms with Gasteiger partial charge in [-0.3, -0.25) is 4.98 Å². The van der Waals surface area contributed by atoms with Crippen LogP contribution in [0.15, 0.2) is 18.2 Å². The Bertz CT molecular complexity index is 616. The van der Waals surface area contributed by atoms with Gasteiger partial charge in [-0.25, -0.2) is 0 Å². The van der Waals surface area contributed by atoms with Crippen LogP contribution in [-0.4, -0.2) is 11.5 Å². The van der Waals surface area contributed by atoms with E-state index in [9.17, 15) is 0 Å². The normalized spacial score (nSPS) is 11.9. The molecule has 19 heavy (non-hydrogen) atoms. The van der Waals surface area contributed by atoms with Crippen LogP contribution in [0, 0.1) is 0 Å². The number of benzene rings is 1. The van der Waals surface area contributed by atoms with Gasteiger partial charge < -0.3 is 5.32 Å². The number of rotatable bonds is 2. The van der Waals surface area contributed by atoms with Gasteiger partial charge in [-0.1, -0.05) is 44.0 Å². The Morgan fingerprint density at radius 3 is 2.42 bits per heavy atom. The Hall–Kier alpha value is -0.990. The lowest BCUT2D eigenvalue weighted by atomic mass is 9.90. The summed E-state index contributed by atoms with van der Waals surface area (Å²) in [5.74, 6) is 0. The lowest BCUT2D eigenvalue weighted by Crippen LogP contribution is -2.14. The average molecular weight is 297 g/mol. The third kappa shape index (κ3) is 2.96. The van der Waals surface area contributed by atoms with Gasteiger partial charge in [0.15, 0.2) is 0 Å². The number of aromatic nitrogens is 1. The van der Waals surface area contributed by atoms with E-state index < -0.39 is 0 Å². The monoisotopic (exact) mass is 296 g/mol. The summed E-state index contributed by atoms with van der Waals surface area (Å²) in [7, 11) is 0. The van der Waals surface area contributed by atoms with Gasteiger partial charge in [0, 0.05) is 33.7 Å². The second-order valence-electron chi connectivity index (χ2n) is 5.62. The molecule has 1 aromatic heterocycles. The lowest BCUT2D eigenvalue weighted by Gasteiger charge is -2.20. The van der Waals surface area contributed by atoms with Crippen LogP contribution < -0.4 is 5.32 Å². The number of pyridine rings is 1. The lowest BCUT2D eigenvalue weighted by molar-refractivity contribution is 0.572. The summed E-state index contributed by atoms with van der Waals surface area (Å²) >= 11 is 12.4. The molecule has 0 bridgehead atoms. The molecule has 0 radical (unpaired) electrons. The standard InChI is InChI=1S/C15H18Cl2N2/c1-5-18-12-8-13(15(2,3)4)19-14-10(12)6-9(16)7-11(14)17/h6-8H,5H2,1-4H3,(H,18,19). The van der Waals surface area contributed by atoms with Crippen molar-refractivity contribution >= 4 is 39.8 Å². The van der Waals surface area contributed by atoms with Crippen LogP contribution in [0.5, 0.6) is 0 Å². The fourth-order valence-corrected chi connectivity index (χ4v) is 2.51. The largest absolute Gasteiger partial charge is 0.385 e. The number of nitrogens with zero attached hydrogens (tertiary/aromatic N) is 1. The van der Waals surface area contributed by atoms with Crippen LogP contribution in [0.2, 0.25) is 10.0 Å². The maximum absolute atomic E-state index is 6.28. The van der Waals surface area contributed by atoms with Crippen LogP contribution in [-0.2, 0) is 5.41 Å². The van der Waals surface area contributed by atoms with Gasteiger partial charge in [-0.05, 0) is 25.1 Å². The predicted octanol–water partition coefficient (Wildman–Crippen LogP) is 5.27. The number of nitrogens with one attached hydrogen (secondary N) is 1. The Labute approximate surface area is 124 Å². The Morgan fingerprint density at radius 1 is 1.16 bits per heavy atom. The number of halogens is 2. The van der Waals surface area contributed by atoms with Gasteiger partial charge in [0.05, 0.1) is 10.5 Å². The van der Waals surface area contributed by atoms with Crippen molar-refractivity contribution in [3.63, 3.8) is 0 Å². The molecule has 0 atom stereocenters. The summed E-state index contributed by atoms with van der Waals surface area (Å²) in [6.07, 6.45) is 0. The minimum Gasteiger partial charge on any atom is -0.385 e. The van der Waals surface area contributed by atoms with Crippen molar-refractivity contribution in [1.82, 2.24) is 4.98 Å². The molecule has 4 heteroatoms. The molecule has 0 aliphatic heterocycles. The molecule has 0 saturated carbocycles. The Kier molecular flexibility index (Phi) is 3.93. The summed E-state index contributed by atoms with van der Waals surface area (Å²) in [6.45, 7) is 9.32. The van der Waals surface area contributed by atoms with E-state index in [0.29, 0.717) is 10.0 Å². The predicted molar refractivity (Wildman–Crippen MR) is 84.6 cm³/mol. The van der Waals surface area contributed by atoms with Crippen molar-refractivity contribution in [3.8, 4) is 0 Å². The summed E-state index contributed by atoms with van der Waals surface area (Å²) in [4.78, 5) is 4.70. The van der Waals surface area contributed by atoms with Crippen LogP contribution >= 0.6 is 23.2 Å². The molecule has 1 aromatic carbocycles. The summed E-state index contributed by atoms with van der Waals surface area (Å²) in [5, 5.41) is 5.54. The van der Waals surface area contributed by atoms with E-state index in [2.05, 4.69) is 39.1 Å². The Balaban J connectivity index is 2.79. The average Bonchev–Trinajstić information content (AvgIpc) is 2.28. The van der Waals surface area contributed by atoms with E-state index in [4.69, 9.17) is 28.2 Å². The first-order valence-corrected chi connectivity index (χ1v) is 7.12. The van der Waals surface area contributed by atoms with E-state index in [1.54, 1.807) is 6.07 Å². The van der Waals surface area contributed by atoms with Crippen LogP contribution in [0.4, 0.5) is 5.69 Å². The highest BCUT2D eigenvalue weighted by Gasteiger charge is 2.19. The number of hydrogen-bond donors (Lipinski definition) is 1. The van der Waals surface area contributed by atoms with Crippen molar-refractivity contribution in [3.05, 3.63) is 33.9 Å². The fraction of sp³-hybridized carbons (Fsp3) is 0.400. The molecule has 0 aliphatic carbocycles. The van der Waals surface area contributed by atoms with E-state index in [0.717, 1.165) is 28.8 Å². The molecular formula is C15H18Cl2N2. The zero-order valence-corrected chi connectivity index (χ0v) is 13.2. The highest BCUT2D eigenvalue weighted by Crippen LogP contribution is 2.34. The zero-order valence-electron chi connectivity index (χ0n) is 11.6. The molecule has 0 fully saturated rings. The maximum atomic E-state index is 6.28. The first kappa shape index (κ1) is 14.4. The van der Waals surface area contributed by atoms with Gasteiger partial charge >= 0.3 is 0 Å². The number of fused-ring (bicyclic) bond motifs is 1. The highest BCUT2D eigenvalue weighted by atomic mass is 35.5. The van der Waals surface area contributed by atoms with Crippen molar-refractivity contribution in [1.29, 1.82) is 0 Å². The SMILES string of the molecule is CCNc1cc(C(C)(C)C)nc2c(Cl)cc(Cl)cc12. The Morgan fingerprint density at radius 2 is 1.84 bits per heavy atom. The molecule has 0 unspecified atom stereocenters. The topological polar surface area (TPSA) is 24.9 Å². The van der Waals surface area contributed by atoms with Gasteiger partial charge in [0.2, 0.25) is 0 Å². The fourth-order valence-electron chi connectivity index (χ4n) is 1.97. The van der Waals surface area contributed by atoms with Gasteiger partial charge in [-0.15, -0.1) is 0 Å². The van der Waals surface area contributed by atoms with Crippen molar-refractivity contribution in [2.45, 2.75) is 33.1 Å². The number of hydrogen-bond acceptors (Lipinski definition) is 2. The molecule has 0 amide bonds. The highest BCUT2D eigenvalue weighted by molar-refractivity contribution is 6.38. The second kappa shape index (κ2) is 5.18. The van der Waals surface area contributed by atoms with Crippen LogP contribution in [0.3, 0.4) is 0 Å². The quantitative estimate of drug-likeness (QED) is 0.816. The van der Waals surface area contributed by atoms with Crippen LogP contribution in [0.25, 0.3) is 10.9 Å². The van der Waals surface area contributed by atoms with Gasteiger partial charge in [0.25, 0.3) is 0 Å². The first-order valence-electron chi connectivity index (χ1n) is 6.37. The molecular weight excluding hydrogens is 279 g/mol. The number of anilines is 1. The minimum absolute atomic E-state index is 0.0265. The first-order chi connectivity index (χ1) is 8.82. The van der Waals surface area contributed by atoms with Crippen molar-refractivity contribution < 1.29 is 0 Å². The van der Waals surface area contributed by atoms with E-state index in [-0.39, 0.29) is 5.41 Å². The molecule has 2 nitrogen and oxygen atoms in total. The molecule has 2 aromatic rings. The smallest absolute Gasteiger partial charge is 0.0913 e. The van der Waals surface area contributed by atoms with Crippen molar-refractivity contribution in [2.75, 3.05) is 11.9 Å². The van der Waals surface area contributed by atoms with E-state index in [1.165, 1.54) is 0 Å². The van der Waals surface area contributed by atoms with E-state index >= 15 is 0 Å². The molecule has 102 valence electrons. The maximum Gasteiger partial charge on any atom is 0.0913 e. The van der Waals surface area contributed by atoms with Crippen molar-refractivity contribution in [2.24, 2.45) is 0 Å². The molecule has 0 aliphatic rings. The third-order valence-electron chi connectivity index (χ3n) is 2.97. The minimum atomic E-state index is -0.0265. The van der Waals surface area contributed by atoms with E-state index in [1.807, 2.05) is 6.07 Å². The summed E-state index contributed by atoms with van der Waals surface area (Å²) in [6, 6.07) is 5.72. The molecule has 1 heterocycles. The summed E-state index contributed by atoms with van der Waals surface area (Å²) in [5.41, 5.74) is 2.82. The van der Waals surface area contributed by atoms with Gasteiger partial charge in [-0.2, -0.15) is 0 Å².